The number of nitro benzene ring substituents is 1. The maximum atomic E-state index is 10.6. The average Bonchev–Trinajstić information content (AvgIpc) is 2.84. The molecule has 1 aromatic heterocycles. The third-order valence-corrected chi connectivity index (χ3v) is 3.35. The molecule has 3 rings (SSSR count). The first-order valence-electron chi connectivity index (χ1n) is 6.29. The Morgan fingerprint density at radius 1 is 1.20 bits per heavy atom. The summed E-state index contributed by atoms with van der Waals surface area (Å²) in [5.41, 5.74) is 4.33. The Morgan fingerprint density at radius 3 is 2.65 bits per heavy atom. The van der Waals surface area contributed by atoms with Crippen molar-refractivity contribution >= 4 is 16.7 Å². The van der Waals surface area contributed by atoms with Gasteiger partial charge in [-0.25, -0.2) is 4.98 Å². The second-order valence-corrected chi connectivity index (χ2v) is 4.74. The number of rotatable bonds is 3. The molecule has 0 saturated carbocycles. The molecule has 0 unspecified atom stereocenters. The van der Waals surface area contributed by atoms with E-state index in [-0.39, 0.29) is 10.6 Å². The zero-order valence-corrected chi connectivity index (χ0v) is 11.0. The molecule has 0 bridgehead atoms. The Labute approximate surface area is 115 Å². The van der Waals surface area contributed by atoms with Crippen LogP contribution in [0.15, 0.2) is 48.8 Å². The van der Waals surface area contributed by atoms with Gasteiger partial charge in [0.1, 0.15) is 0 Å². The number of aryl methyl sites for hydroxylation is 1. The van der Waals surface area contributed by atoms with E-state index in [9.17, 15) is 10.1 Å². The van der Waals surface area contributed by atoms with E-state index in [2.05, 4.69) is 4.98 Å². The van der Waals surface area contributed by atoms with Crippen LogP contribution in [0.2, 0.25) is 0 Å². The van der Waals surface area contributed by atoms with Crippen molar-refractivity contribution in [2.24, 2.45) is 0 Å². The minimum Gasteiger partial charge on any atom is -0.326 e. The lowest BCUT2D eigenvalue weighted by Gasteiger charge is -2.05. The molecule has 20 heavy (non-hydrogen) atoms. The van der Waals surface area contributed by atoms with Crippen LogP contribution in [0.4, 0.5) is 5.69 Å². The standard InChI is InChI=1S/C15H13N3O2/c1-11-3-2-4-14-15(11)16-10-17(14)9-12-5-7-13(8-6-12)18(19)20/h2-8,10H,9H2,1H3. The van der Waals surface area contributed by atoms with Crippen LogP contribution < -0.4 is 0 Å². The number of fused-ring (bicyclic) bond motifs is 1. The normalized spacial score (nSPS) is 10.8. The zero-order chi connectivity index (χ0) is 14.1. The number of imidazole rings is 1. The van der Waals surface area contributed by atoms with Gasteiger partial charge >= 0.3 is 0 Å². The molecule has 0 radical (unpaired) electrons. The van der Waals surface area contributed by atoms with Gasteiger partial charge in [0.25, 0.3) is 5.69 Å². The fourth-order valence-electron chi connectivity index (χ4n) is 2.28. The quantitative estimate of drug-likeness (QED) is 0.540. The predicted octanol–water partition coefficient (Wildman–Crippen LogP) is 3.30. The fourth-order valence-corrected chi connectivity index (χ4v) is 2.28. The number of nitrogens with zero attached hydrogens (tertiary/aromatic N) is 3. The van der Waals surface area contributed by atoms with Crippen molar-refractivity contribution in [2.75, 3.05) is 0 Å². The van der Waals surface area contributed by atoms with E-state index in [0.29, 0.717) is 6.54 Å². The Balaban J connectivity index is 1.93. The molecule has 0 spiro atoms. The molecule has 0 aliphatic heterocycles. The number of hydrogen-bond donors (Lipinski definition) is 0. The number of nitro groups is 1. The van der Waals surface area contributed by atoms with Crippen LogP contribution in [0.25, 0.3) is 11.0 Å². The van der Waals surface area contributed by atoms with Crippen LogP contribution in [0.1, 0.15) is 11.1 Å². The molecule has 0 aliphatic rings. The molecule has 5 nitrogen and oxygen atoms in total. The summed E-state index contributed by atoms with van der Waals surface area (Å²) in [6.07, 6.45) is 1.80. The largest absolute Gasteiger partial charge is 0.326 e. The van der Waals surface area contributed by atoms with Crippen LogP contribution in [0.3, 0.4) is 0 Å². The average molecular weight is 267 g/mol. The van der Waals surface area contributed by atoms with Gasteiger partial charge < -0.3 is 4.57 Å². The van der Waals surface area contributed by atoms with Crippen molar-refractivity contribution in [3.63, 3.8) is 0 Å². The molecule has 0 atom stereocenters. The molecule has 0 fully saturated rings. The molecular weight excluding hydrogens is 254 g/mol. The van der Waals surface area contributed by atoms with Crippen LogP contribution in [0.5, 0.6) is 0 Å². The SMILES string of the molecule is Cc1cccc2c1ncn2Cc1ccc([N+](=O)[O-])cc1. The van der Waals surface area contributed by atoms with E-state index in [1.54, 1.807) is 18.5 Å². The predicted molar refractivity (Wildman–Crippen MR) is 76.7 cm³/mol. The monoisotopic (exact) mass is 267 g/mol. The Kier molecular flexibility index (Phi) is 2.95. The minimum absolute atomic E-state index is 0.111. The van der Waals surface area contributed by atoms with Crippen molar-refractivity contribution in [3.8, 4) is 0 Å². The van der Waals surface area contributed by atoms with E-state index < -0.39 is 0 Å². The first-order chi connectivity index (χ1) is 9.65. The maximum Gasteiger partial charge on any atom is 0.269 e. The lowest BCUT2D eigenvalue weighted by molar-refractivity contribution is -0.384. The number of para-hydroxylation sites is 1. The van der Waals surface area contributed by atoms with Gasteiger partial charge in [0.2, 0.25) is 0 Å². The lowest BCUT2D eigenvalue weighted by Crippen LogP contribution is -1.98. The molecular formula is C15H13N3O2. The van der Waals surface area contributed by atoms with Gasteiger partial charge in [0.05, 0.1) is 22.3 Å². The summed E-state index contributed by atoms with van der Waals surface area (Å²) >= 11 is 0. The number of hydrogen-bond acceptors (Lipinski definition) is 3. The van der Waals surface area contributed by atoms with E-state index in [4.69, 9.17) is 0 Å². The first-order valence-corrected chi connectivity index (χ1v) is 6.29. The van der Waals surface area contributed by atoms with Crippen molar-refractivity contribution in [3.05, 3.63) is 70.0 Å². The zero-order valence-electron chi connectivity index (χ0n) is 11.0. The van der Waals surface area contributed by atoms with Crippen LogP contribution in [0, 0.1) is 17.0 Å². The highest BCUT2D eigenvalue weighted by Gasteiger charge is 2.07. The third kappa shape index (κ3) is 2.14. The Morgan fingerprint density at radius 2 is 1.95 bits per heavy atom. The van der Waals surface area contributed by atoms with Gasteiger partial charge in [-0.3, -0.25) is 10.1 Å². The van der Waals surface area contributed by atoms with Gasteiger partial charge in [-0.1, -0.05) is 24.3 Å². The minimum atomic E-state index is -0.389. The molecule has 0 amide bonds. The topological polar surface area (TPSA) is 61.0 Å². The summed E-state index contributed by atoms with van der Waals surface area (Å²) in [6.45, 7) is 2.68. The molecule has 5 heteroatoms. The van der Waals surface area contributed by atoms with Gasteiger partial charge in [0.15, 0.2) is 0 Å². The summed E-state index contributed by atoms with van der Waals surface area (Å²) < 4.78 is 2.05. The van der Waals surface area contributed by atoms with E-state index in [1.165, 1.54) is 12.1 Å². The smallest absolute Gasteiger partial charge is 0.269 e. The Bertz CT molecular complexity index is 775. The van der Waals surface area contributed by atoms with Crippen LogP contribution >= 0.6 is 0 Å². The van der Waals surface area contributed by atoms with Gasteiger partial charge in [-0.2, -0.15) is 0 Å². The maximum absolute atomic E-state index is 10.6. The first kappa shape index (κ1) is 12.3. The van der Waals surface area contributed by atoms with Gasteiger partial charge in [0, 0.05) is 18.7 Å². The summed E-state index contributed by atoms with van der Waals surface area (Å²) in [6, 6.07) is 12.7. The Hall–Kier alpha value is -2.69. The third-order valence-electron chi connectivity index (χ3n) is 3.35. The molecule has 3 aromatic rings. The lowest BCUT2D eigenvalue weighted by atomic mass is 10.2. The van der Waals surface area contributed by atoms with Crippen LogP contribution in [-0.4, -0.2) is 14.5 Å². The highest BCUT2D eigenvalue weighted by Crippen LogP contribution is 2.19. The number of aromatic nitrogens is 2. The highest BCUT2D eigenvalue weighted by atomic mass is 16.6. The van der Waals surface area contributed by atoms with Crippen molar-refractivity contribution in [1.29, 1.82) is 0 Å². The summed E-state index contributed by atoms with van der Waals surface area (Å²) in [7, 11) is 0. The summed E-state index contributed by atoms with van der Waals surface area (Å²) in [4.78, 5) is 14.7. The number of benzene rings is 2. The molecule has 0 aliphatic carbocycles. The van der Waals surface area contributed by atoms with Crippen molar-refractivity contribution < 1.29 is 4.92 Å². The number of non-ortho nitro benzene ring substituents is 1. The molecule has 1 heterocycles. The van der Waals surface area contributed by atoms with Gasteiger partial charge in [-0.05, 0) is 24.1 Å². The molecule has 100 valence electrons. The van der Waals surface area contributed by atoms with Gasteiger partial charge in [-0.15, -0.1) is 0 Å². The second-order valence-electron chi connectivity index (χ2n) is 4.74. The fraction of sp³-hybridized carbons (Fsp3) is 0.133. The molecule has 0 saturated heterocycles. The van der Waals surface area contributed by atoms with Crippen LogP contribution in [-0.2, 0) is 6.54 Å². The summed E-state index contributed by atoms with van der Waals surface area (Å²) in [5, 5.41) is 10.6. The van der Waals surface area contributed by atoms with Crippen molar-refractivity contribution in [1.82, 2.24) is 9.55 Å². The van der Waals surface area contributed by atoms with E-state index in [1.807, 2.05) is 29.7 Å². The highest BCUT2D eigenvalue weighted by molar-refractivity contribution is 5.78. The molecule has 0 N–H and O–H groups in total. The molecule has 2 aromatic carbocycles. The summed E-state index contributed by atoms with van der Waals surface area (Å²) in [5.74, 6) is 0. The van der Waals surface area contributed by atoms with Crippen molar-refractivity contribution in [2.45, 2.75) is 13.5 Å². The van der Waals surface area contributed by atoms with E-state index >= 15 is 0 Å². The second kappa shape index (κ2) is 4.77. The van der Waals surface area contributed by atoms with E-state index in [0.717, 1.165) is 22.2 Å².